The Hall–Kier alpha value is -2.54. The van der Waals surface area contributed by atoms with Gasteiger partial charge in [0.1, 0.15) is 11.2 Å². The molecule has 1 aliphatic rings. The van der Waals surface area contributed by atoms with Crippen LogP contribution in [0.15, 0.2) is 33.8 Å². The second kappa shape index (κ2) is 7.51. The fourth-order valence-electron chi connectivity index (χ4n) is 3.28. The van der Waals surface area contributed by atoms with Gasteiger partial charge in [-0.05, 0) is 25.0 Å². The van der Waals surface area contributed by atoms with Crippen molar-refractivity contribution in [2.75, 3.05) is 12.0 Å². The molecule has 32 heavy (non-hydrogen) atoms. The predicted molar refractivity (Wildman–Crippen MR) is 114 cm³/mol. The first-order valence-electron chi connectivity index (χ1n) is 9.67. The highest BCUT2D eigenvalue weighted by Crippen LogP contribution is 2.35. The number of nitrogens with zero attached hydrogens (tertiary/aromatic N) is 5. The highest BCUT2D eigenvalue weighted by molar-refractivity contribution is 7.94. The lowest BCUT2D eigenvalue weighted by Crippen LogP contribution is -2.09. The van der Waals surface area contributed by atoms with Crippen molar-refractivity contribution in [3.63, 3.8) is 0 Å². The fraction of sp³-hybridized carbons (Fsp3) is 0.421. The van der Waals surface area contributed by atoms with E-state index in [4.69, 9.17) is 0 Å². The van der Waals surface area contributed by atoms with E-state index in [2.05, 4.69) is 19.3 Å². The van der Waals surface area contributed by atoms with Crippen LogP contribution in [0.2, 0.25) is 0 Å². The number of alkyl halides is 3. The summed E-state index contributed by atoms with van der Waals surface area (Å²) < 4.78 is 83.1. The highest BCUT2D eigenvalue weighted by atomic mass is 32.2. The summed E-state index contributed by atoms with van der Waals surface area (Å²) in [4.78, 5) is 12.1. The third kappa shape index (κ3) is 4.10. The maximum absolute atomic E-state index is 13.1. The Kier molecular flexibility index (Phi) is 5.31. The van der Waals surface area contributed by atoms with Gasteiger partial charge in [0.2, 0.25) is 0 Å². The Bertz CT molecular complexity index is 1450. The van der Waals surface area contributed by atoms with Gasteiger partial charge in [-0.2, -0.15) is 17.5 Å². The average Bonchev–Trinajstić information content (AvgIpc) is 3.52. The van der Waals surface area contributed by atoms with E-state index in [0.29, 0.717) is 6.20 Å². The first-order chi connectivity index (χ1) is 14.8. The lowest BCUT2D eigenvalue weighted by atomic mass is 10.2. The van der Waals surface area contributed by atoms with Gasteiger partial charge in [-0.15, -0.1) is 0 Å². The molecule has 13 heteroatoms. The molecule has 1 saturated carbocycles. The second-order valence-electron chi connectivity index (χ2n) is 7.65. The Morgan fingerprint density at radius 1 is 1.16 bits per heavy atom. The minimum Gasteiger partial charge on any atom is -0.310 e. The lowest BCUT2D eigenvalue weighted by Gasteiger charge is -2.10. The van der Waals surface area contributed by atoms with Crippen LogP contribution in [0.3, 0.4) is 0 Å². The molecule has 0 N–H and O–H groups in total. The van der Waals surface area contributed by atoms with E-state index >= 15 is 0 Å². The van der Waals surface area contributed by atoms with Gasteiger partial charge in [-0.3, -0.25) is 0 Å². The van der Waals surface area contributed by atoms with Gasteiger partial charge in [-0.25, -0.2) is 27.6 Å². The van der Waals surface area contributed by atoms with E-state index in [0.717, 1.165) is 18.9 Å². The lowest BCUT2D eigenvalue weighted by molar-refractivity contribution is -0.137. The number of aromatic nitrogens is 4. The Balaban J connectivity index is 1.92. The van der Waals surface area contributed by atoms with E-state index in [1.54, 1.807) is 0 Å². The SMILES string of the molecule is CCS(=O)(=O)c1cc(N=S(C)(=O)C2CC2)cnc1-c1nc2cc(C(F)(F)F)cnc2n1C. The number of aryl methyl sites for hydroxylation is 1. The van der Waals surface area contributed by atoms with Crippen LogP contribution in [0.5, 0.6) is 0 Å². The number of rotatable bonds is 5. The van der Waals surface area contributed by atoms with Crippen LogP contribution in [-0.2, 0) is 32.8 Å². The number of sulfone groups is 1. The van der Waals surface area contributed by atoms with Crippen molar-refractivity contribution < 1.29 is 25.8 Å². The van der Waals surface area contributed by atoms with Crippen LogP contribution in [0.25, 0.3) is 22.7 Å². The molecule has 0 spiro atoms. The van der Waals surface area contributed by atoms with Gasteiger partial charge in [0.15, 0.2) is 21.3 Å². The Morgan fingerprint density at radius 2 is 1.84 bits per heavy atom. The summed E-state index contributed by atoms with van der Waals surface area (Å²) in [6, 6.07) is 2.14. The minimum absolute atomic E-state index is 0.0258. The minimum atomic E-state index is -4.59. The van der Waals surface area contributed by atoms with Crippen molar-refractivity contribution in [2.24, 2.45) is 11.4 Å². The highest BCUT2D eigenvalue weighted by Gasteiger charge is 2.33. The molecule has 1 atom stereocenters. The molecule has 8 nitrogen and oxygen atoms in total. The fourth-order valence-corrected chi connectivity index (χ4v) is 6.00. The molecule has 3 heterocycles. The van der Waals surface area contributed by atoms with Crippen molar-refractivity contribution in [1.29, 1.82) is 0 Å². The number of hydrogen-bond acceptors (Lipinski definition) is 7. The van der Waals surface area contributed by atoms with Crippen LogP contribution >= 0.6 is 0 Å². The quantitative estimate of drug-likeness (QED) is 0.543. The maximum Gasteiger partial charge on any atom is 0.417 e. The third-order valence-corrected chi connectivity index (χ3v) is 9.25. The summed E-state index contributed by atoms with van der Waals surface area (Å²) in [6.45, 7) is 1.46. The Labute approximate surface area is 183 Å². The summed E-state index contributed by atoms with van der Waals surface area (Å²) >= 11 is 0. The van der Waals surface area contributed by atoms with E-state index in [1.165, 1.54) is 37.1 Å². The summed E-state index contributed by atoms with van der Waals surface area (Å²) in [5.41, 5.74) is -0.729. The van der Waals surface area contributed by atoms with E-state index in [-0.39, 0.29) is 44.3 Å². The van der Waals surface area contributed by atoms with Gasteiger partial charge in [0.05, 0.1) is 37.8 Å². The standard InChI is InChI=1S/C19H20F3N5O3S2/c1-4-32(29,30)15-8-12(26-31(3,28)13-5-6-13)10-23-16(15)18-25-14-7-11(19(20,21)22)9-24-17(14)27(18)2/h7-10,13H,4-6H2,1-3H3. The summed E-state index contributed by atoms with van der Waals surface area (Å²) in [7, 11) is -4.83. The third-order valence-electron chi connectivity index (χ3n) is 5.23. The van der Waals surface area contributed by atoms with Gasteiger partial charge in [0.25, 0.3) is 0 Å². The number of fused-ring (bicyclic) bond motifs is 1. The zero-order valence-electron chi connectivity index (χ0n) is 17.4. The Morgan fingerprint density at radius 3 is 2.44 bits per heavy atom. The maximum atomic E-state index is 13.1. The molecule has 0 aromatic carbocycles. The smallest absolute Gasteiger partial charge is 0.310 e. The number of hydrogen-bond donors (Lipinski definition) is 0. The average molecular weight is 488 g/mol. The molecule has 0 saturated heterocycles. The molecule has 4 rings (SSSR count). The predicted octanol–water partition coefficient (Wildman–Crippen LogP) is 3.73. The van der Waals surface area contributed by atoms with E-state index in [1.807, 2.05) is 0 Å². The van der Waals surface area contributed by atoms with Gasteiger partial charge in [0, 0.05) is 24.8 Å². The summed E-state index contributed by atoms with van der Waals surface area (Å²) in [5.74, 6) is -0.194. The molecule has 172 valence electrons. The van der Waals surface area contributed by atoms with Crippen LogP contribution in [0, 0.1) is 0 Å². The first-order valence-corrected chi connectivity index (χ1v) is 13.3. The topological polar surface area (TPSA) is 107 Å². The normalized spacial score (nSPS) is 16.8. The molecule has 0 bridgehead atoms. The monoisotopic (exact) mass is 487 g/mol. The van der Waals surface area contributed by atoms with Gasteiger partial charge in [-0.1, -0.05) is 6.92 Å². The molecule has 0 radical (unpaired) electrons. The molecule has 1 unspecified atom stereocenters. The molecule has 1 aliphatic carbocycles. The van der Waals surface area contributed by atoms with Gasteiger partial charge < -0.3 is 4.57 Å². The largest absolute Gasteiger partial charge is 0.417 e. The summed E-state index contributed by atoms with van der Waals surface area (Å²) in [5, 5.41) is -0.0258. The molecule has 0 amide bonds. The molecule has 3 aromatic heterocycles. The van der Waals surface area contributed by atoms with E-state index in [9.17, 15) is 25.8 Å². The number of halogens is 3. The number of pyridine rings is 2. The van der Waals surface area contributed by atoms with E-state index < -0.39 is 31.3 Å². The van der Waals surface area contributed by atoms with Crippen molar-refractivity contribution in [1.82, 2.24) is 19.5 Å². The van der Waals surface area contributed by atoms with Crippen molar-refractivity contribution >= 4 is 36.4 Å². The first kappa shape index (κ1) is 22.6. The molecule has 3 aromatic rings. The van der Waals surface area contributed by atoms with Crippen molar-refractivity contribution in [3.05, 3.63) is 30.1 Å². The van der Waals surface area contributed by atoms with Crippen molar-refractivity contribution in [2.45, 2.75) is 36.1 Å². The molecular weight excluding hydrogens is 467 g/mol. The number of imidazole rings is 1. The van der Waals surface area contributed by atoms with Crippen LogP contribution in [0.4, 0.5) is 18.9 Å². The van der Waals surface area contributed by atoms with Crippen LogP contribution < -0.4 is 0 Å². The van der Waals surface area contributed by atoms with Crippen LogP contribution in [-0.4, -0.2) is 49.4 Å². The zero-order valence-corrected chi connectivity index (χ0v) is 19.1. The zero-order chi connectivity index (χ0) is 23.5. The second-order valence-corrected chi connectivity index (χ2v) is 12.5. The van der Waals surface area contributed by atoms with Crippen LogP contribution in [0.1, 0.15) is 25.3 Å². The summed E-state index contributed by atoms with van der Waals surface area (Å²) in [6.07, 6.45) is 0.536. The molecule has 0 aliphatic heterocycles. The van der Waals surface area contributed by atoms with Gasteiger partial charge >= 0.3 is 6.18 Å². The van der Waals surface area contributed by atoms with Crippen molar-refractivity contribution in [3.8, 4) is 11.5 Å². The molecule has 1 fully saturated rings. The molecular formula is C19H20F3N5O3S2.